The molecular formula is C17H13N5O4. The van der Waals surface area contributed by atoms with Crippen LogP contribution in [0.5, 0.6) is 0 Å². The largest absolute Gasteiger partial charge is 0.465 e. The lowest BCUT2D eigenvalue weighted by molar-refractivity contribution is 0.0600. The first-order chi connectivity index (χ1) is 12.5. The van der Waals surface area contributed by atoms with Crippen LogP contribution in [0.2, 0.25) is 0 Å². The summed E-state index contributed by atoms with van der Waals surface area (Å²) in [4.78, 5) is 40.6. The van der Waals surface area contributed by atoms with Crippen molar-refractivity contribution in [2.24, 2.45) is 7.05 Å². The molecule has 0 saturated heterocycles. The zero-order valence-corrected chi connectivity index (χ0v) is 13.9. The van der Waals surface area contributed by atoms with Crippen molar-refractivity contribution < 1.29 is 9.53 Å². The zero-order valence-electron chi connectivity index (χ0n) is 13.9. The van der Waals surface area contributed by atoms with Crippen molar-refractivity contribution in [3.05, 3.63) is 63.2 Å². The fourth-order valence-electron chi connectivity index (χ4n) is 2.80. The molecule has 0 radical (unpaired) electrons. The van der Waals surface area contributed by atoms with Gasteiger partial charge < -0.3 is 13.9 Å². The van der Waals surface area contributed by atoms with E-state index in [1.807, 2.05) is 0 Å². The number of nitrogens with zero attached hydrogens (tertiary/aromatic N) is 4. The molecule has 2 aromatic rings. The van der Waals surface area contributed by atoms with Gasteiger partial charge in [0.05, 0.1) is 29.9 Å². The number of rotatable bonds is 2. The molecule has 0 fully saturated rings. The molecule has 26 heavy (non-hydrogen) atoms. The summed E-state index contributed by atoms with van der Waals surface area (Å²) < 4.78 is 7.74. The fourth-order valence-corrected chi connectivity index (χ4v) is 2.80. The fraction of sp³-hybridized carbons (Fsp3) is 0.118. The van der Waals surface area contributed by atoms with E-state index in [0.29, 0.717) is 16.6 Å². The first kappa shape index (κ1) is 15.8. The highest BCUT2D eigenvalue weighted by atomic mass is 16.5. The zero-order chi connectivity index (χ0) is 18.4. The van der Waals surface area contributed by atoms with E-state index in [1.165, 1.54) is 24.2 Å². The van der Waals surface area contributed by atoms with Gasteiger partial charge in [0.15, 0.2) is 0 Å². The minimum atomic E-state index is -0.616. The van der Waals surface area contributed by atoms with Crippen molar-refractivity contribution in [3.63, 3.8) is 0 Å². The molecule has 9 heteroatoms. The number of benzene rings is 1. The highest BCUT2D eigenvalue weighted by Crippen LogP contribution is 2.23. The Balaban J connectivity index is 2.01. The van der Waals surface area contributed by atoms with Crippen molar-refractivity contribution in [1.29, 1.82) is 0 Å². The maximum atomic E-state index is 12.3. The van der Waals surface area contributed by atoms with E-state index in [4.69, 9.17) is 4.74 Å². The molecule has 2 aliphatic heterocycles. The van der Waals surface area contributed by atoms with Crippen molar-refractivity contribution in [3.8, 4) is 16.9 Å². The van der Waals surface area contributed by atoms with Gasteiger partial charge in [0, 0.05) is 25.1 Å². The van der Waals surface area contributed by atoms with Gasteiger partial charge in [0.2, 0.25) is 0 Å². The van der Waals surface area contributed by atoms with Crippen LogP contribution in [0.15, 0.2) is 46.5 Å². The lowest BCUT2D eigenvalue weighted by atomic mass is 10.1. The number of pyridine rings is 1. The summed E-state index contributed by atoms with van der Waals surface area (Å²) >= 11 is 0. The highest BCUT2D eigenvalue weighted by molar-refractivity contribution is 5.96. The van der Waals surface area contributed by atoms with Crippen LogP contribution in [-0.4, -0.2) is 37.4 Å². The van der Waals surface area contributed by atoms with Crippen LogP contribution in [0.3, 0.4) is 0 Å². The summed E-state index contributed by atoms with van der Waals surface area (Å²) in [7, 11) is 2.87. The summed E-state index contributed by atoms with van der Waals surface area (Å²) in [5.41, 5.74) is 1.15. The molecule has 0 aliphatic carbocycles. The van der Waals surface area contributed by atoms with E-state index in [2.05, 4.69) is 15.2 Å². The molecule has 0 atom stereocenters. The molecule has 4 rings (SSSR count). The Morgan fingerprint density at radius 1 is 1.23 bits per heavy atom. The number of esters is 1. The monoisotopic (exact) mass is 351 g/mol. The second-order valence-corrected chi connectivity index (χ2v) is 5.75. The lowest BCUT2D eigenvalue weighted by Gasteiger charge is -2.12. The molecule has 0 saturated carbocycles. The lowest BCUT2D eigenvalue weighted by Crippen LogP contribution is -2.17. The van der Waals surface area contributed by atoms with Crippen molar-refractivity contribution in [2.45, 2.75) is 0 Å². The summed E-state index contributed by atoms with van der Waals surface area (Å²) in [5, 5.41) is 6.64. The van der Waals surface area contributed by atoms with Gasteiger partial charge in [-0.2, -0.15) is 5.10 Å². The second-order valence-electron chi connectivity index (χ2n) is 5.75. The minimum Gasteiger partial charge on any atom is -0.465 e. The Bertz CT molecular complexity index is 1250. The molecule has 0 spiro atoms. The number of fused-ring (bicyclic) bond motifs is 2. The summed E-state index contributed by atoms with van der Waals surface area (Å²) in [6, 6.07) is 5.10. The topological polar surface area (TPSA) is 112 Å². The molecule has 130 valence electrons. The Morgan fingerprint density at radius 3 is 2.81 bits per heavy atom. The maximum Gasteiger partial charge on any atom is 0.341 e. The van der Waals surface area contributed by atoms with E-state index < -0.39 is 11.5 Å². The standard InChI is InChI=1S/C17H13N5O4/c1-21-8-18-13-4-3-9(5-10(13)16(21)24)22-6-11-14(19-20-15(11)23)12(7-22)17(25)26-2/h3-8H,1-2H3,(H,20,23). The number of H-pyrrole nitrogens is 1. The molecule has 1 aromatic heterocycles. The SMILES string of the molecule is COC(=O)c1cn(-c2ccc3ncn(C)c(=O)c3c2)cc2c(=O)[nH]nc1-2. The summed E-state index contributed by atoms with van der Waals surface area (Å²) in [6.07, 6.45) is 4.51. The third-order valence-corrected chi connectivity index (χ3v) is 4.16. The van der Waals surface area contributed by atoms with E-state index in [1.54, 1.807) is 36.0 Å². The van der Waals surface area contributed by atoms with E-state index >= 15 is 0 Å². The van der Waals surface area contributed by atoms with Crippen LogP contribution >= 0.6 is 0 Å². The number of ether oxygens (including phenoxy) is 1. The molecule has 1 N–H and O–H groups in total. The van der Waals surface area contributed by atoms with Gasteiger partial charge in [-0.15, -0.1) is 0 Å². The Labute approximate surface area is 145 Å². The average molecular weight is 351 g/mol. The molecule has 0 bridgehead atoms. The summed E-state index contributed by atoms with van der Waals surface area (Å²) in [5.74, 6) is -0.616. The minimum absolute atomic E-state index is 0.141. The van der Waals surface area contributed by atoms with Crippen LogP contribution in [-0.2, 0) is 11.8 Å². The van der Waals surface area contributed by atoms with Crippen LogP contribution in [0, 0.1) is 0 Å². The number of hydrogen-bond donors (Lipinski definition) is 1. The van der Waals surface area contributed by atoms with Gasteiger partial charge in [-0.1, -0.05) is 0 Å². The van der Waals surface area contributed by atoms with Crippen LogP contribution in [0.25, 0.3) is 27.8 Å². The van der Waals surface area contributed by atoms with E-state index in [9.17, 15) is 14.4 Å². The van der Waals surface area contributed by atoms with Crippen molar-refractivity contribution in [2.75, 3.05) is 7.11 Å². The molecule has 9 nitrogen and oxygen atoms in total. The van der Waals surface area contributed by atoms with Crippen LogP contribution in [0.1, 0.15) is 10.4 Å². The van der Waals surface area contributed by atoms with Gasteiger partial charge in [0.25, 0.3) is 11.1 Å². The molecular weight excluding hydrogens is 338 g/mol. The predicted octanol–water partition coefficient (Wildman–Crippen LogP) is 0.699. The Hall–Kier alpha value is -3.75. The number of aromatic nitrogens is 5. The Morgan fingerprint density at radius 2 is 2.04 bits per heavy atom. The molecule has 1 aromatic carbocycles. The molecule has 0 amide bonds. The molecule has 3 heterocycles. The number of carbonyl (C=O) groups excluding carboxylic acids is 1. The number of methoxy groups -OCH3 is 1. The first-order valence-electron chi connectivity index (χ1n) is 7.64. The van der Waals surface area contributed by atoms with Crippen molar-refractivity contribution in [1.82, 2.24) is 24.3 Å². The summed E-state index contributed by atoms with van der Waals surface area (Å²) in [6.45, 7) is 0. The number of aromatic amines is 1. The number of aryl methyl sites for hydroxylation is 1. The second kappa shape index (κ2) is 5.66. The van der Waals surface area contributed by atoms with Crippen LogP contribution in [0.4, 0.5) is 0 Å². The highest BCUT2D eigenvalue weighted by Gasteiger charge is 2.22. The van der Waals surface area contributed by atoms with Gasteiger partial charge in [-0.25, -0.2) is 14.9 Å². The smallest absolute Gasteiger partial charge is 0.341 e. The Kier molecular flexibility index (Phi) is 3.43. The van der Waals surface area contributed by atoms with E-state index in [0.717, 1.165) is 0 Å². The van der Waals surface area contributed by atoms with Gasteiger partial charge in [0.1, 0.15) is 11.3 Å². The van der Waals surface area contributed by atoms with Gasteiger partial charge in [-0.3, -0.25) is 9.59 Å². The number of nitrogens with one attached hydrogen (secondary N) is 1. The predicted molar refractivity (Wildman–Crippen MR) is 92.7 cm³/mol. The normalized spacial score (nSPS) is 11.2. The van der Waals surface area contributed by atoms with E-state index in [-0.39, 0.29) is 22.4 Å². The third-order valence-electron chi connectivity index (χ3n) is 4.16. The van der Waals surface area contributed by atoms with Gasteiger partial charge >= 0.3 is 5.97 Å². The van der Waals surface area contributed by atoms with Gasteiger partial charge in [-0.05, 0) is 18.2 Å². The van der Waals surface area contributed by atoms with Crippen LogP contribution < -0.4 is 11.1 Å². The number of hydrogen-bond acceptors (Lipinski definition) is 6. The third kappa shape index (κ3) is 2.29. The molecule has 0 unspecified atom stereocenters. The molecule has 2 aliphatic rings. The average Bonchev–Trinajstić information content (AvgIpc) is 3.04. The first-order valence-corrected chi connectivity index (χ1v) is 7.64. The maximum absolute atomic E-state index is 12.3. The number of carbonyl (C=O) groups is 1. The van der Waals surface area contributed by atoms with Crippen molar-refractivity contribution >= 4 is 16.9 Å². The quantitative estimate of drug-likeness (QED) is 0.532.